The summed E-state index contributed by atoms with van der Waals surface area (Å²) in [6.07, 6.45) is 2.12. The minimum absolute atomic E-state index is 0.417. The SMILES string of the molecule is CCCCC(N)C(C)(F)F. The Morgan fingerprint density at radius 3 is 2.30 bits per heavy atom. The molecule has 2 N–H and O–H groups in total. The summed E-state index contributed by atoms with van der Waals surface area (Å²) >= 11 is 0. The molecule has 0 heterocycles. The van der Waals surface area contributed by atoms with E-state index < -0.39 is 12.0 Å². The lowest BCUT2D eigenvalue weighted by atomic mass is 10.1. The Morgan fingerprint density at radius 2 is 2.00 bits per heavy atom. The van der Waals surface area contributed by atoms with E-state index in [-0.39, 0.29) is 0 Å². The third-order valence-corrected chi connectivity index (χ3v) is 1.52. The molecule has 0 spiro atoms. The lowest BCUT2D eigenvalue weighted by Crippen LogP contribution is -2.38. The Hall–Kier alpha value is -0.180. The van der Waals surface area contributed by atoms with E-state index in [1.807, 2.05) is 6.92 Å². The highest BCUT2D eigenvalue weighted by molar-refractivity contribution is 4.74. The Labute approximate surface area is 60.6 Å². The van der Waals surface area contributed by atoms with Crippen LogP contribution < -0.4 is 5.73 Å². The summed E-state index contributed by atoms with van der Waals surface area (Å²) in [5.74, 6) is -2.71. The number of halogens is 2. The molecule has 0 rings (SSSR count). The van der Waals surface area contributed by atoms with Crippen LogP contribution in [0.4, 0.5) is 8.78 Å². The number of nitrogens with two attached hydrogens (primary N) is 1. The molecule has 10 heavy (non-hydrogen) atoms. The molecule has 62 valence electrons. The van der Waals surface area contributed by atoms with Crippen LogP contribution in [-0.4, -0.2) is 12.0 Å². The zero-order valence-electron chi connectivity index (χ0n) is 6.53. The topological polar surface area (TPSA) is 26.0 Å². The summed E-state index contributed by atoms with van der Waals surface area (Å²) in [6.45, 7) is 2.83. The molecule has 1 nitrogen and oxygen atoms in total. The van der Waals surface area contributed by atoms with E-state index in [1.165, 1.54) is 0 Å². The third-order valence-electron chi connectivity index (χ3n) is 1.52. The molecule has 0 aromatic heterocycles. The van der Waals surface area contributed by atoms with Gasteiger partial charge in [-0.25, -0.2) is 8.78 Å². The van der Waals surface area contributed by atoms with Crippen molar-refractivity contribution in [2.24, 2.45) is 5.73 Å². The zero-order valence-corrected chi connectivity index (χ0v) is 6.53. The molecular formula is C7H15F2N. The first kappa shape index (κ1) is 9.82. The smallest absolute Gasteiger partial charge is 0.260 e. The summed E-state index contributed by atoms with van der Waals surface area (Å²) in [6, 6.07) is -0.965. The molecule has 0 saturated carbocycles. The Kier molecular flexibility index (Phi) is 3.79. The van der Waals surface area contributed by atoms with E-state index in [0.717, 1.165) is 19.8 Å². The second-order valence-electron chi connectivity index (χ2n) is 2.71. The molecule has 0 saturated heterocycles. The summed E-state index contributed by atoms with van der Waals surface area (Å²) < 4.78 is 24.6. The van der Waals surface area contributed by atoms with Gasteiger partial charge >= 0.3 is 0 Å². The molecule has 1 unspecified atom stereocenters. The van der Waals surface area contributed by atoms with Crippen molar-refractivity contribution in [1.82, 2.24) is 0 Å². The second kappa shape index (κ2) is 3.86. The van der Waals surface area contributed by atoms with Gasteiger partial charge in [-0.1, -0.05) is 19.8 Å². The highest BCUT2D eigenvalue weighted by atomic mass is 19.3. The Bertz CT molecular complexity index is 88.1. The van der Waals surface area contributed by atoms with E-state index in [2.05, 4.69) is 0 Å². The fourth-order valence-corrected chi connectivity index (χ4v) is 0.677. The lowest BCUT2D eigenvalue weighted by Gasteiger charge is -2.18. The average Bonchev–Trinajstić information content (AvgIpc) is 1.80. The van der Waals surface area contributed by atoms with Gasteiger partial charge in [-0.3, -0.25) is 0 Å². The maximum absolute atomic E-state index is 12.3. The summed E-state index contributed by atoms with van der Waals surface area (Å²) in [4.78, 5) is 0. The number of unbranched alkanes of at least 4 members (excludes halogenated alkanes) is 1. The fraction of sp³-hybridized carbons (Fsp3) is 1.00. The normalized spacial score (nSPS) is 15.3. The molecule has 0 radical (unpaired) electrons. The van der Waals surface area contributed by atoms with Gasteiger partial charge in [0.1, 0.15) is 0 Å². The first-order valence-electron chi connectivity index (χ1n) is 3.62. The van der Waals surface area contributed by atoms with Gasteiger partial charge in [-0.15, -0.1) is 0 Å². The van der Waals surface area contributed by atoms with E-state index in [9.17, 15) is 8.78 Å². The molecule has 0 amide bonds. The van der Waals surface area contributed by atoms with E-state index >= 15 is 0 Å². The van der Waals surface area contributed by atoms with Crippen molar-refractivity contribution >= 4 is 0 Å². The molecule has 3 heteroatoms. The first-order valence-corrected chi connectivity index (χ1v) is 3.62. The van der Waals surface area contributed by atoms with Crippen molar-refractivity contribution in [3.63, 3.8) is 0 Å². The molecular weight excluding hydrogens is 136 g/mol. The van der Waals surface area contributed by atoms with Gasteiger partial charge < -0.3 is 5.73 Å². The van der Waals surface area contributed by atoms with E-state index in [1.54, 1.807) is 0 Å². The van der Waals surface area contributed by atoms with Crippen molar-refractivity contribution in [1.29, 1.82) is 0 Å². The van der Waals surface area contributed by atoms with Crippen molar-refractivity contribution in [2.45, 2.75) is 45.1 Å². The van der Waals surface area contributed by atoms with Crippen LogP contribution in [0.2, 0.25) is 0 Å². The average molecular weight is 151 g/mol. The number of alkyl halides is 2. The molecule has 1 atom stereocenters. The summed E-state index contributed by atoms with van der Waals surface area (Å²) in [7, 11) is 0. The van der Waals surface area contributed by atoms with Crippen LogP contribution in [0.5, 0.6) is 0 Å². The van der Waals surface area contributed by atoms with E-state index in [0.29, 0.717) is 6.42 Å². The molecule has 0 aliphatic rings. The predicted molar refractivity (Wildman–Crippen MR) is 38.1 cm³/mol. The highest BCUT2D eigenvalue weighted by Crippen LogP contribution is 2.19. The third kappa shape index (κ3) is 3.77. The van der Waals surface area contributed by atoms with Gasteiger partial charge in [-0.2, -0.15) is 0 Å². The van der Waals surface area contributed by atoms with Gasteiger partial charge in [0.15, 0.2) is 0 Å². The van der Waals surface area contributed by atoms with Crippen LogP contribution >= 0.6 is 0 Å². The monoisotopic (exact) mass is 151 g/mol. The quantitative estimate of drug-likeness (QED) is 0.654. The number of hydrogen-bond donors (Lipinski definition) is 1. The highest BCUT2D eigenvalue weighted by Gasteiger charge is 2.29. The van der Waals surface area contributed by atoms with Gasteiger partial charge in [0.2, 0.25) is 0 Å². The van der Waals surface area contributed by atoms with Crippen LogP contribution in [0, 0.1) is 0 Å². The second-order valence-corrected chi connectivity index (χ2v) is 2.71. The maximum Gasteiger partial charge on any atom is 0.260 e. The van der Waals surface area contributed by atoms with Crippen molar-refractivity contribution in [3.8, 4) is 0 Å². The maximum atomic E-state index is 12.3. The predicted octanol–water partition coefficient (Wildman–Crippen LogP) is 2.16. The largest absolute Gasteiger partial charge is 0.323 e. The van der Waals surface area contributed by atoms with Crippen molar-refractivity contribution in [3.05, 3.63) is 0 Å². The van der Waals surface area contributed by atoms with Crippen LogP contribution in [-0.2, 0) is 0 Å². The summed E-state index contributed by atoms with van der Waals surface area (Å²) in [5, 5.41) is 0. The minimum atomic E-state index is -2.71. The molecule has 0 bridgehead atoms. The summed E-state index contributed by atoms with van der Waals surface area (Å²) in [5.41, 5.74) is 5.19. The Morgan fingerprint density at radius 1 is 1.50 bits per heavy atom. The van der Waals surface area contributed by atoms with Crippen molar-refractivity contribution < 1.29 is 8.78 Å². The molecule has 0 aromatic carbocycles. The van der Waals surface area contributed by atoms with Gasteiger partial charge in [0.05, 0.1) is 6.04 Å². The van der Waals surface area contributed by atoms with Crippen molar-refractivity contribution in [2.75, 3.05) is 0 Å². The zero-order chi connectivity index (χ0) is 8.20. The van der Waals surface area contributed by atoms with E-state index in [4.69, 9.17) is 5.73 Å². The number of hydrogen-bond acceptors (Lipinski definition) is 1. The molecule has 0 aromatic rings. The van der Waals surface area contributed by atoms with Crippen LogP contribution in [0.25, 0.3) is 0 Å². The Balaban J connectivity index is 3.52. The fourth-order valence-electron chi connectivity index (χ4n) is 0.677. The van der Waals surface area contributed by atoms with Gasteiger partial charge in [0.25, 0.3) is 5.92 Å². The number of rotatable bonds is 4. The lowest BCUT2D eigenvalue weighted by molar-refractivity contribution is -0.00836. The minimum Gasteiger partial charge on any atom is -0.323 e. The molecule has 0 aliphatic heterocycles. The first-order chi connectivity index (χ1) is 4.48. The van der Waals surface area contributed by atoms with Gasteiger partial charge in [0, 0.05) is 6.92 Å². The van der Waals surface area contributed by atoms with Crippen LogP contribution in [0.1, 0.15) is 33.1 Å². The molecule has 0 aliphatic carbocycles. The standard InChI is InChI=1S/C7H15F2N/c1-3-4-5-6(10)7(2,8)9/h6H,3-5,10H2,1-2H3. The van der Waals surface area contributed by atoms with Crippen LogP contribution in [0.3, 0.4) is 0 Å². The van der Waals surface area contributed by atoms with Crippen LogP contribution in [0.15, 0.2) is 0 Å². The van der Waals surface area contributed by atoms with Gasteiger partial charge in [-0.05, 0) is 6.42 Å². The molecule has 0 fully saturated rings.